The predicted octanol–water partition coefficient (Wildman–Crippen LogP) is 4.51. The third-order valence-corrected chi connectivity index (χ3v) is 6.09. The molecule has 118 valence electrons. The standard InChI is InChI=1S/C18H21FO2S/c1-4-18(15-7-9-17(19)10-8-15)22(20,21)12-16-11-13(2)5-6-14(16)3/h5-11,18H,4,12H2,1-3H3/t18-/m0/s1. The molecule has 0 radical (unpaired) electrons. The van der Waals surface area contributed by atoms with Crippen LogP contribution in [0.5, 0.6) is 0 Å². The molecule has 0 aliphatic carbocycles. The highest BCUT2D eigenvalue weighted by Gasteiger charge is 2.26. The van der Waals surface area contributed by atoms with E-state index in [9.17, 15) is 12.8 Å². The summed E-state index contributed by atoms with van der Waals surface area (Å²) in [5, 5.41) is -0.604. The maximum atomic E-state index is 13.0. The van der Waals surface area contributed by atoms with Crippen LogP contribution >= 0.6 is 0 Å². The first-order chi connectivity index (χ1) is 10.3. The summed E-state index contributed by atoms with van der Waals surface area (Å²) in [6.45, 7) is 5.71. The molecule has 0 heterocycles. The van der Waals surface area contributed by atoms with E-state index in [1.165, 1.54) is 12.1 Å². The van der Waals surface area contributed by atoms with Crippen molar-refractivity contribution < 1.29 is 12.8 Å². The molecule has 2 aromatic rings. The number of hydrogen-bond donors (Lipinski definition) is 0. The minimum Gasteiger partial charge on any atom is -0.228 e. The van der Waals surface area contributed by atoms with Crippen molar-refractivity contribution in [3.8, 4) is 0 Å². The van der Waals surface area contributed by atoms with Gasteiger partial charge in [0, 0.05) is 0 Å². The smallest absolute Gasteiger partial charge is 0.161 e. The zero-order valence-corrected chi connectivity index (χ0v) is 14.0. The van der Waals surface area contributed by atoms with Gasteiger partial charge in [0.05, 0.1) is 11.0 Å². The van der Waals surface area contributed by atoms with E-state index in [1.807, 2.05) is 39.0 Å². The molecule has 0 N–H and O–H groups in total. The van der Waals surface area contributed by atoms with Crippen LogP contribution in [0.1, 0.15) is 40.8 Å². The van der Waals surface area contributed by atoms with Gasteiger partial charge in [-0.2, -0.15) is 0 Å². The largest absolute Gasteiger partial charge is 0.228 e. The molecule has 0 aromatic heterocycles. The first kappa shape index (κ1) is 16.7. The highest BCUT2D eigenvalue weighted by molar-refractivity contribution is 7.90. The Hall–Kier alpha value is -1.68. The number of aryl methyl sites for hydroxylation is 2. The van der Waals surface area contributed by atoms with Gasteiger partial charge in [-0.15, -0.1) is 0 Å². The van der Waals surface area contributed by atoms with Crippen molar-refractivity contribution in [1.29, 1.82) is 0 Å². The van der Waals surface area contributed by atoms with Crippen LogP contribution in [-0.4, -0.2) is 8.42 Å². The fourth-order valence-electron chi connectivity index (χ4n) is 2.65. The highest BCUT2D eigenvalue weighted by atomic mass is 32.2. The number of halogens is 1. The van der Waals surface area contributed by atoms with E-state index in [0.717, 1.165) is 16.7 Å². The number of hydrogen-bond acceptors (Lipinski definition) is 2. The lowest BCUT2D eigenvalue weighted by Gasteiger charge is -2.17. The average Bonchev–Trinajstić information content (AvgIpc) is 2.45. The minimum absolute atomic E-state index is 0.0103. The second-order valence-corrected chi connectivity index (χ2v) is 7.87. The van der Waals surface area contributed by atoms with E-state index >= 15 is 0 Å². The summed E-state index contributed by atoms with van der Waals surface area (Å²) >= 11 is 0. The second kappa shape index (κ2) is 6.61. The Morgan fingerprint density at radius 3 is 2.27 bits per heavy atom. The van der Waals surface area contributed by atoms with Gasteiger partial charge in [0.2, 0.25) is 0 Å². The van der Waals surface area contributed by atoms with Crippen LogP contribution < -0.4 is 0 Å². The summed E-state index contributed by atoms with van der Waals surface area (Å²) < 4.78 is 38.6. The van der Waals surface area contributed by atoms with Crippen LogP contribution in [0, 0.1) is 19.7 Å². The topological polar surface area (TPSA) is 34.1 Å². The van der Waals surface area contributed by atoms with Crippen LogP contribution in [0.25, 0.3) is 0 Å². The average molecular weight is 320 g/mol. The van der Waals surface area contributed by atoms with E-state index in [0.29, 0.717) is 12.0 Å². The summed E-state index contributed by atoms with van der Waals surface area (Å²) in [5.74, 6) is -0.346. The molecule has 0 aliphatic rings. The predicted molar refractivity (Wildman–Crippen MR) is 88.0 cm³/mol. The molecule has 2 aromatic carbocycles. The minimum atomic E-state index is -3.35. The van der Waals surface area contributed by atoms with Crippen molar-refractivity contribution in [3.05, 3.63) is 70.5 Å². The van der Waals surface area contributed by atoms with Crippen molar-refractivity contribution in [2.75, 3.05) is 0 Å². The molecular weight excluding hydrogens is 299 g/mol. The zero-order chi connectivity index (χ0) is 16.3. The monoisotopic (exact) mass is 320 g/mol. The van der Waals surface area contributed by atoms with Crippen molar-refractivity contribution in [2.24, 2.45) is 0 Å². The van der Waals surface area contributed by atoms with Gasteiger partial charge in [-0.05, 0) is 49.1 Å². The van der Waals surface area contributed by atoms with Crippen LogP contribution in [0.4, 0.5) is 4.39 Å². The first-order valence-corrected chi connectivity index (χ1v) is 9.08. The summed E-state index contributed by atoms with van der Waals surface area (Å²) in [6, 6.07) is 11.6. The lowest BCUT2D eigenvalue weighted by molar-refractivity contribution is 0.577. The molecule has 0 amide bonds. The maximum Gasteiger partial charge on any atom is 0.161 e. The normalized spacial score (nSPS) is 13.1. The van der Waals surface area contributed by atoms with Gasteiger partial charge < -0.3 is 0 Å². The quantitative estimate of drug-likeness (QED) is 0.812. The summed E-state index contributed by atoms with van der Waals surface area (Å²) in [6.07, 6.45) is 0.471. The van der Waals surface area contributed by atoms with Crippen LogP contribution in [0.3, 0.4) is 0 Å². The summed E-state index contributed by atoms with van der Waals surface area (Å²) in [4.78, 5) is 0. The third kappa shape index (κ3) is 3.74. The van der Waals surface area contributed by atoms with E-state index in [-0.39, 0.29) is 11.6 Å². The molecule has 0 saturated heterocycles. The Morgan fingerprint density at radius 2 is 1.68 bits per heavy atom. The first-order valence-electron chi connectivity index (χ1n) is 7.36. The van der Waals surface area contributed by atoms with Crippen LogP contribution in [0.2, 0.25) is 0 Å². The van der Waals surface area contributed by atoms with Crippen molar-refractivity contribution in [2.45, 2.75) is 38.2 Å². The van der Waals surface area contributed by atoms with Crippen molar-refractivity contribution in [1.82, 2.24) is 0 Å². The van der Waals surface area contributed by atoms with Gasteiger partial charge in [0.25, 0.3) is 0 Å². The van der Waals surface area contributed by atoms with Gasteiger partial charge in [0.1, 0.15) is 5.82 Å². The van der Waals surface area contributed by atoms with Crippen LogP contribution in [0.15, 0.2) is 42.5 Å². The molecule has 0 aliphatic heterocycles. The molecule has 2 rings (SSSR count). The van der Waals surface area contributed by atoms with Gasteiger partial charge in [-0.3, -0.25) is 0 Å². The number of sulfone groups is 1. The molecule has 4 heteroatoms. The van der Waals surface area contributed by atoms with Gasteiger partial charge in [-0.1, -0.05) is 42.8 Å². The highest BCUT2D eigenvalue weighted by Crippen LogP contribution is 2.29. The molecule has 0 saturated carbocycles. The van der Waals surface area contributed by atoms with Crippen molar-refractivity contribution >= 4 is 9.84 Å². The van der Waals surface area contributed by atoms with E-state index in [2.05, 4.69) is 0 Å². The fourth-order valence-corrected chi connectivity index (χ4v) is 4.67. The molecule has 22 heavy (non-hydrogen) atoms. The van der Waals surface area contributed by atoms with Gasteiger partial charge >= 0.3 is 0 Å². The summed E-state index contributed by atoms with van der Waals surface area (Å²) in [7, 11) is -3.35. The maximum absolute atomic E-state index is 13.0. The molecule has 0 bridgehead atoms. The molecule has 0 fully saturated rings. The number of rotatable bonds is 5. The Balaban J connectivity index is 2.35. The third-order valence-electron chi connectivity index (χ3n) is 3.91. The molecule has 2 nitrogen and oxygen atoms in total. The Labute approximate surface area is 131 Å². The van der Waals surface area contributed by atoms with Crippen LogP contribution in [-0.2, 0) is 15.6 Å². The SMILES string of the molecule is CC[C@@H](c1ccc(F)cc1)S(=O)(=O)Cc1cc(C)ccc1C. The Bertz CT molecular complexity index is 749. The Morgan fingerprint density at radius 1 is 1.05 bits per heavy atom. The second-order valence-electron chi connectivity index (χ2n) is 5.69. The van der Waals surface area contributed by atoms with E-state index in [4.69, 9.17) is 0 Å². The number of benzene rings is 2. The van der Waals surface area contributed by atoms with E-state index in [1.54, 1.807) is 12.1 Å². The van der Waals surface area contributed by atoms with Gasteiger partial charge in [-0.25, -0.2) is 12.8 Å². The fraction of sp³-hybridized carbons (Fsp3) is 0.333. The van der Waals surface area contributed by atoms with Crippen molar-refractivity contribution in [3.63, 3.8) is 0 Å². The zero-order valence-electron chi connectivity index (χ0n) is 13.1. The molecule has 1 atom stereocenters. The van der Waals surface area contributed by atoms with Gasteiger partial charge in [0.15, 0.2) is 9.84 Å². The lowest BCUT2D eigenvalue weighted by Crippen LogP contribution is -2.15. The lowest BCUT2D eigenvalue weighted by atomic mass is 10.1. The molecule has 0 spiro atoms. The van der Waals surface area contributed by atoms with E-state index < -0.39 is 15.1 Å². The Kier molecular flexibility index (Phi) is 5.01. The molecular formula is C18H21FO2S. The molecule has 0 unspecified atom stereocenters. The summed E-state index contributed by atoms with van der Waals surface area (Å²) in [5.41, 5.74) is 3.50.